The Morgan fingerprint density at radius 3 is 2.86 bits per heavy atom. The van der Waals surface area contributed by atoms with Crippen LogP contribution in [-0.4, -0.2) is 27.2 Å². The Morgan fingerprint density at radius 2 is 2.29 bits per heavy atom. The molecule has 0 aliphatic heterocycles. The molecule has 1 heterocycles. The van der Waals surface area contributed by atoms with Crippen LogP contribution in [0.25, 0.3) is 0 Å². The lowest BCUT2D eigenvalue weighted by Gasteiger charge is -2.15. The number of halogens is 1. The Labute approximate surface area is 86.4 Å². The fourth-order valence-corrected chi connectivity index (χ4v) is 1.21. The Kier molecular flexibility index (Phi) is 3.84. The average Bonchev–Trinajstić information content (AvgIpc) is 2.26. The summed E-state index contributed by atoms with van der Waals surface area (Å²) in [6.45, 7) is 0. The first-order chi connectivity index (χ1) is 6.70. The van der Waals surface area contributed by atoms with Gasteiger partial charge in [-0.3, -0.25) is 0 Å². The molecule has 74 valence electrons. The summed E-state index contributed by atoms with van der Waals surface area (Å²) >= 11 is 5.38. The van der Waals surface area contributed by atoms with Gasteiger partial charge in [0.1, 0.15) is 17.9 Å². The molecule has 14 heavy (non-hydrogen) atoms. The van der Waals surface area contributed by atoms with Crippen molar-refractivity contribution in [2.24, 2.45) is 0 Å². The molecule has 0 radical (unpaired) electrons. The lowest BCUT2D eigenvalue weighted by atomic mass is 10.0. The second-order valence-corrected chi connectivity index (χ2v) is 3.03. The highest BCUT2D eigenvalue weighted by Crippen LogP contribution is 2.19. The van der Waals surface area contributed by atoms with E-state index < -0.39 is 12.2 Å². The van der Waals surface area contributed by atoms with E-state index in [-0.39, 0.29) is 11.6 Å². The largest absolute Gasteiger partial charge is 0.389 e. The van der Waals surface area contributed by atoms with Crippen LogP contribution in [-0.2, 0) is 0 Å². The number of aliphatic hydroxyl groups is 2. The maximum Gasteiger partial charge on any atom is 0.146 e. The minimum Gasteiger partial charge on any atom is -0.389 e. The summed E-state index contributed by atoms with van der Waals surface area (Å²) in [4.78, 5) is 3.76. The van der Waals surface area contributed by atoms with Crippen LogP contribution in [0.15, 0.2) is 18.3 Å². The molecule has 0 aliphatic carbocycles. The van der Waals surface area contributed by atoms with E-state index in [2.05, 4.69) is 4.98 Å². The minimum atomic E-state index is -1.17. The SMILES string of the molecule is N#Cc1ncccc1C(O)C(O)CCl. The number of alkyl halides is 1. The molecule has 0 aliphatic rings. The molecule has 5 heteroatoms. The van der Waals surface area contributed by atoms with E-state index in [4.69, 9.17) is 16.9 Å². The van der Waals surface area contributed by atoms with Gasteiger partial charge in [0.2, 0.25) is 0 Å². The fraction of sp³-hybridized carbons (Fsp3) is 0.333. The molecule has 0 bridgehead atoms. The van der Waals surface area contributed by atoms with Crippen LogP contribution < -0.4 is 0 Å². The predicted octanol–water partition coefficient (Wildman–Crippen LogP) is 0.586. The molecule has 0 amide bonds. The maximum atomic E-state index is 9.58. The second-order valence-electron chi connectivity index (χ2n) is 2.72. The first-order valence-corrected chi connectivity index (χ1v) is 4.51. The van der Waals surface area contributed by atoms with Crippen molar-refractivity contribution in [1.29, 1.82) is 5.26 Å². The summed E-state index contributed by atoms with van der Waals surface area (Å²) < 4.78 is 0. The van der Waals surface area contributed by atoms with Crippen LogP contribution in [0.4, 0.5) is 0 Å². The van der Waals surface area contributed by atoms with Crippen LogP contribution in [0.1, 0.15) is 17.4 Å². The Balaban J connectivity index is 3.01. The first-order valence-electron chi connectivity index (χ1n) is 3.97. The van der Waals surface area contributed by atoms with Crippen molar-refractivity contribution in [2.75, 3.05) is 5.88 Å². The van der Waals surface area contributed by atoms with Gasteiger partial charge < -0.3 is 10.2 Å². The Morgan fingerprint density at radius 1 is 1.57 bits per heavy atom. The van der Waals surface area contributed by atoms with Crippen molar-refractivity contribution in [3.05, 3.63) is 29.6 Å². The van der Waals surface area contributed by atoms with Gasteiger partial charge in [-0.1, -0.05) is 6.07 Å². The predicted molar refractivity (Wildman–Crippen MR) is 50.6 cm³/mol. The number of aromatic nitrogens is 1. The van der Waals surface area contributed by atoms with E-state index >= 15 is 0 Å². The van der Waals surface area contributed by atoms with Gasteiger partial charge in [-0.05, 0) is 6.07 Å². The zero-order valence-corrected chi connectivity index (χ0v) is 8.02. The van der Waals surface area contributed by atoms with Gasteiger partial charge in [0.05, 0.1) is 12.0 Å². The van der Waals surface area contributed by atoms with Crippen LogP contribution in [0.5, 0.6) is 0 Å². The normalized spacial score (nSPS) is 14.4. The number of nitriles is 1. The molecule has 2 unspecified atom stereocenters. The van der Waals surface area contributed by atoms with E-state index in [0.717, 1.165) is 0 Å². The summed E-state index contributed by atoms with van der Waals surface area (Å²) in [5.74, 6) is -0.0963. The topological polar surface area (TPSA) is 77.1 Å². The molecule has 4 nitrogen and oxygen atoms in total. The smallest absolute Gasteiger partial charge is 0.146 e. The third-order valence-electron chi connectivity index (χ3n) is 1.79. The number of nitrogens with zero attached hydrogens (tertiary/aromatic N) is 2. The molecule has 1 rings (SSSR count). The first kappa shape index (κ1) is 10.9. The van der Waals surface area contributed by atoms with Crippen molar-refractivity contribution in [2.45, 2.75) is 12.2 Å². The summed E-state index contributed by atoms with van der Waals surface area (Å²) in [7, 11) is 0. The van der Waals surface area contributed by atoms with Crippen LogP contribution in [0.3, 0.4) is 0 Å². The zero-order valence-electron chi connectivity index (χ0n) is 7.26. The minimum absolute atomic E-state index is 0.0963. The third kappa shape index (κ3) is 2.20. The van der Waals surface area contributed by atoms with Crippen LogP contribution >= 0.6 is 11.6 Å². The molecule has 0 saturated carbocycles. The van der Waals surface area contributed by atoms with Crippen molar-refractivity contribution in [3.8, 4) is 6.07 Å². The summed E-state index contributed by atoms with van der Waals surface area (Å²) in [6.07, 6.45) is -0.814. The summed E-state index contributed by atoms with van der Waals surface area (Å²) in [6, 6.07) is 4.95. The Bertz CT molecular complexity index is 351. The monoisotopic (exact) mass is 212 g/mol. The molecule has 2 atom stereocenters. The highest BCUT2D eigenvalue weighted by Gasteiger charge is 2.20. The van der Waals surface area contributed by atoms with Gasteiger partial charge in [-0.15, -0.1) is 11.6 Å². The van der Waals surface area contributed by atoms with Gasteiger partial charge >= 0.3 is 0 Å². The number of rotatable bonds is 3. The maximum absolute atomic E-state index is 9.58. The number of hydrogen-bond donors (Lipinski definition) is 2. The van der Waals surface area contributed by atoms with Crippen molar-refractivity contribution < 1.29 is 10.2 Å². The van der Waals surface area contributed by atoms with Crippen molar-refractivity contribution in [3.63, 3.8) is 0 Å². The quantitative estimate of drug-likeness (QED) is 0.719. The molecular formula is C9H9ClN2O2. The van der Waals surface area contributed by atoms with Crippen molar-refractivity contribution >= 4 is 11.6 Å². The van der Waals surface area contributed by atoms with Gasteiger partial charge in [0.25, 0.3) is 0 Å². The van der Waals surface area contributed by atoms with Gasteiger partial charge in [0, 0.05) is 11.8 Å². The zero-order chi connectivity index (χ0) is 10.6. The van der Waals surface area contributed by atoms with E-state index in [0.29, 0.717) is 5.56 Å². The summed E-state index contributed by atoms with van der Waals surface area (Å²) in [5, 5.41) is 27.5. The van der Waals surface area contributed by atoms with E-state index in [1.807, 2.05) is 6.07 Å². The molecule has 0 saturated heterocycles. The van der Waals surface area contributed by atoms with E-state index in [9.17, 15) is 10.2 Å². The molecular weight excluding hydrogens is 204 g/mol. The molecule has 1 aromatic rings. The highest BCUT2D eigenvalue weighted by atomic mass is 35.5. The summed E-state index contributed by atoms with van der Waals surface area (Å²) in [5.41, 5.74) is 0.396. The molecule has 2 N–H and O–H groups in total. The highest BCUT2D eigenvalue weighted by molar-refractivity contribution is 6.18. The van der Waals surface area contributed by atoms with Crippen molar-refractivity contribution in [1.82, 2.24) is 4.98 Å². The lowest BCUT2D eigenvalue weighted by Crippen LogP contribution is -2.20. The molecule has 0 aromatic carbocycles. The molecule has 0 fully saturated rings. The lowest BCUT2D eigenvalue weighted by molar-refractivity contribution is 0.0323. The Hall–Kier alpha value is -1.15. The third-order valence-corrected chi connectivity index (χ3v) is 2.10. The van der Waals surface area contributed by atoms with Crippen LogP contribution in [0, 0.1) is 11.3 Å². The number of hydrogen-bond acceptors (Lipinski definition) is 4. The van der Waals surface area contributed by atoms with E-state index in [1.54, 1.807) is 6.07 Å². The average molecular weight is 213 g/mol. The fourth-order valence-electron chi connectivity index (χ4n) is 1.04. The number of pyridine rings is 1. The van der Waals surface area contributed by atoms with Gasteiger partial charge in [-0.25, -0.2) is 4.98 Å². The van der Waals surface area contributed by atoms with E-state index in [1.165, 1.54) is 12.3 Å². The molecule has 0 spiro atoms. The van der Waals surface area contributed by atoms with Crippen LogP contribution in [0.2, 0.25) is 0 Å². The molecule has 1 aromatic heterocycles. The second kappa shape index (κ2) is 4.91. The number of aliphatic hydroxyl groups excluding tert-OH is 2. The van der Waals surface area contributed by atoms with Gasteiger partial charge in [-0.2, -0.15) is 5.26 Å². The van der Waals surface area contributed by atoms with Gasteiger partial charge in [0.15, 0.2) is 0 Å². The standard InChI is InChI=1S/C9H9ClN2O2/c10-4-8(13)9(14)6-2-1-3-12-7(6)5-11/h1-3,8-9,13-14H,4H2.